The van der Waals surface area contributed by atoms with Gasteiger partial charge in [0.1, 0.15) is 12.4 Å². The number of nitrogens with one attached hydrogen (secondary N) is 1. The van der Waals surface area contributed by atoms with Crippen molar-refractivity contribution < 1.29 is 14.1 Å². The maximum absolute atomic E-state index is 12.7. The average molecular weight is 513 g/mol. The molecule has 0 spiro atoms. The first-order chi connectivity index (χ1) is 16.0. The molecule has 1 aliphatic rings. The molecule has 2 aromatic carbocycles. The number of rotatable bonds is 8. The number of likely N-dealkylation sites (tertiary alicyclic amines) is 1. The highest BCUT2D eigenvalue weighted by Gasteiger charge is 2.27. The number of para-hydroxylation sites is 1. The summed E-state index contributed by atoms with van der Waals surface area (Å²) >= 11 is 3.43. The van der Waals surface area contributed by atoms with Gasteiger partial charge in [-0.15, -0.1) is 0 Å². The summed E-state index contributed by atoms with van der Waals surface area (Å²) in [6, 6.07) is 15.7. The summed E-state index contributed by atoms with van der Waals surface area (Å²) < 4.78 is 12.3. The molecule has 1 saturated heterocycles. The largest absolute Gasteiger partial charge is 0.491 e. The standard InChI is InChI=1S/C25H29BrN4O3/c1-17-5-3-4-6-22(17)32-16-18(2)27-25(31)20-11-13-30(14-12-20)15-23-28-24(29-33-23)19-7-9-21(26)10-8-19/h3-10,18,20H,11-16H2,1-2H3,(H,27,31). The predicted molar refractivity (Wildman–Crippen MR) is 130 cm³/mol. The molecule has 1 amide bonds. The van der Waals surface area contributed by atoms with Gasteiger partial charge in [0.15, 0.2) is 0 Å². The number of ether oxygens (including phenoxy) is 1. The van der Waals surface area contributed by atoms with Crippen molar-refractivity contribution >= 4 is 21.8 Å². The summed E-state index contributed by atoms with van der Waals surface area (Å²) in [5.74, 6) is 2.16. The number of aromatic nitrogens is 2. The highest BCUT2D eigenvalue weighted by molar-refractivity contribution is 9.10. The molecule has 7 nitrogen and oxygen atoms in total. The fraction of sp³-hybridized carbons (Fsp3) is 0.400. The summed E-state index contributed by atoms with van der Waals surface area (Å²) in [5.41, 5.74) is 2.01. The molecule has 8 heteroatoms. The molecule has 1 atom stereocenters. The molecule has 1 fully saturated rings. The predicted octanol–water partition coefficient (Wildman–Crippen LogP) is 4.60. The lowest BCUT2D eigenvalue weighted by molar-refractivity contribution is -0.127. The van der Waals surface area contributed by atoms with Crippen LogP contribution in [0.5, 0.6) is 5.75 Å². The number of carbonyl (C=O) groups excluding carboxylic acids is 1. The summed E-state index contributed by atoms with van der Waals surface area (Å²) in [6.45, 7) is 6.68. The van der Waals surface area contributed by atoms with Crippen LogP contribution in [0.25, 0.3) is 11.4 Å². The topological polar surface area (TPSA) is 80.5 Å². The third-order valence-corrected chi connectivity index (χ3v) is 6.39. The Morgan fingerprint density at radius 2 is 1.94 bits per heavy atom. The van der Waals surface area contributed by atoms with E-state index in [1.54, 1.807) is 0 Å². The fourth-order valence-electron chi connectivity index (χ4n) is 3.92. The van der Waals surface area contributed by atoms with Crippen LogP contribution in [-0.4, -0.2) is 46.7 Å². The number of benzene rings is 2. The number of carbonyl (C=O) groups is 1. The molecule has 33 heavy (non-hydrogen) atoms. The first-order valence-electron chi connectivity index (χ1n) is 11.3. The third-order valence-electron chi connectivity index (χ3n) is 5.86. The van der Waals surface area contributed by atoms with Gasteiger partial charge in [0.2, 0.25) is 17.6 Å². The minimum absolute atomic E-state index is 0.0168. The number of aryl methyl sites for hydroxylation is 1. The highest BCUT2D eigenvalue weighted by Crippen LogP contribution is 2.22. The highest BCUT2D eigenvalue weighted by atomic mass is 79.9. The zero-order valence-corrected chi connectivity index (χ0v) is 20.5. The van der Waals surface area contributed by atoms with Crippen LogP contribution >= 0.6 is 15.9 Å². The van der Waals surface area contributed by atoms with Crippen LogP contribution in [0.2, 0.25) is 0 Å². The first-order valence-corrected chi connectivity index (χ1v) is 12.1. The quantitative estimate of drug-likeness (QED) is 0.474. The number of nitrogens with zero attached hydrogens (tertiary/aromatic N) is 3. The molecular weight excluding hydrogens is 484 g/mol. The van der Waals surface area contributed by atoms with Gasteiger partial charge in [0.05, 0.1) is 12.6 Å². The molecule has 1 aromatic heterocycles. The van der Waals surface area contributed by atoms with Gasteiger partial charge in [-0.2, -0.15) is 4.98 Å². The molecule has 174 valence electrons. The van der Waals surface area contributed by atoms with Gasteiger partial charge in [-0.3, -0.25) is 9.69 Å². The van der Waals surface area contributed by atoms with Gasteiger partial charge < -0.3 is 14.6 Å². The average Bonchev–Trinajstić information content (AvgIpc) is 3.28. The molecule has 2 heterocycles. The Hall–Kier alpha value is -2.71. The number of halogens is 1. The maximum Gasteiger partial charge on any atom is 0.241 e. The van der Waals surface area contributed by atoms with Gasteiger partial charge in [-0.05, 0) is 75.7 Å². The van der Waals surface area contributed by atoms with Crippen molar-refractivity contribution in [3.63, 3.8) is 0 Å². The number of piperidine rings is 1. The summed E-state index contributed by atoms with van der Waals surface area (Å²) in [7, 11) is 0. The Balaban J connectivity index is 1.20. The van der Waals surface area contributed by atoms with Crippen molar-refractivity contribution in [3.8, 4) is 17.1 Å². The lowest BCUT2D eigenvalue weighted by Gasteiger charge is -2.30. The van der Waals surface area contributed by atoms with Crippen LogP contribution in [0.4, 0.5) is 0 Å². The van der Waals surface area contributed by atoms with Crippen molar-refractivity contribution in [3.05, 3.63) is 64.5 Å². The molecule has 0 bridgehead atoms. The van der Waals surface area contributed by atoms with Gasteiger partial charge in [0, 0.05) is 16.0 Å². The summed E-state index contributed by atoms with van der Waals surface area (Å²) in [4.78, 5) is 19.5. The molecule has 0 saturated carbocycles. The zero-order chi connectivity index (χ0) is 23.2. The third kappa shape index (κ3) is 6.42. The second-order valence-corrected chi connectivity index (χ2v) is 9.47. The fourth-order valence-corrected chi connectivity index (χ4v) is 4.18. The van der Waals surface area contributed by atoms with Gasteiger partial charge >= 0.3 is 0 Å². The Morgan fingerprint density at radius 1 is 1.21 bits per heavy atom. The van der Waals surface area contributed by atoms with Crippen LogP contribution in [-0.2, 0) is 11.3 Å². The van der Waals surface area contributed by atoms with Crippen LogP contribution in [0.15, 0.2) is 57.5 Å². The second-order valence-electron chi connectivity index (χ2n) is 8.56. The van der Waals surface area contributed by atoms with Crippen LogP contribution in [0.3, 0.4) is 0 Å². The summed E-state index contributed by atoms with van der Waals surface area (Å²) in [5, 5.41) is 7.20. The van der Waals surface area contributed by atoms with E-state index in [4.69, 9.17) is 9.26 Å². The van der Waals surface area contributed by atoms with Crippen molar-refractivity contribution in [1.82, 2.24) is 20.4 Å². The van der Waals surface area contributed by atoms with E-state index < -0.39 is 0 Å². The smallest absolute Gasteiger partial charge is 0.241 e. The molecule has 0 radical (unpaired) electrons. The zero-order valence-electron chi connectivity index (χ0n) is 19.0. The minimum Gasteiger partial charge on any atom is -0.491 e. The second kappa shape index (κ2) is 10.9. The van der Waals surface area contributed by atoms with Crippen molar-refractivity contribution in [2.24, 2.45) is 5.92 Å². The first kappa shape index (κ1) is 23.4. The number of hydrogen-bond donors (Lipinski definition) is 1. The molecular formula is C25H29BrN4O3. The molecule has 3 aromatic rings. The Labute approximate surface area is 202 Å². The van der Waals surface area contributed by atoms with E-state index in [1.807, 2.05) is 62.4 Å². The molecule has 1 N–H and O–H groups in total. The lowest BCUT2D eigenvalue weighted by atomic mass is 9.95. The van der Waals surface area contributed by atoms with E-state index >= 15 is 0 Å². The SMILES string of the molecule is Cc1ccccc1OCC(C)NC(=O)C1CCN(Cc2nc(-c3ccc(Br)cc3)no2)CC1. The molecule has 1 aliphatic heterocycles. The van der Waals surface area contributed by atoms with E-state index in [2.05, 4.69) is 36.3 Å². The van der Waals surface area contributed by atoms with Gasteiger partial charge in [-0.1, -0.05) is 39.3 Å². The lowest BCUT2D eigenvalue weighted by Crippen LogP contribution is -2.44. The van der Waals surface area contributed by atoms with Crippen LogP contribution in [0, 0.1) is 12.8 Å². The maximum atomic E-state index is 12.7. The normalized spacial score (nSPS) is 15.8. The van der Waals surface area contributed by atoms with Crippen LogP contribution < -0.4 is 10.1 Å². The van der Waals surface area contributed by atoms with E-state index in [0.29, 0.717) is 24.9 Å². The summed E-state index contributed by atoms with van der Waals surface area (Å²) in [6.07, 6.45) is 1.62. The Bertz CT molecular complexity index is 1060. The Kier molecular flexibility index (Phi) is 7.77. The van der Waals surface area contributed by atoms with Gasteiger partial charge in [-0.25, -0.2) is 0 Å². The number of hydrogen-bond acceptors (Lipinski definition) is 6. The van der Waals surface area contributed by atoms with Crippen molar-refractivity contribution in [1.29, 1.82) is 0 Å². The number of amides is 1. The molecule has 1 unspecified atom stereocenters. The van der Waals surface area contributed by atoms with Crippen molar-refractivity contribution in [2.45, 2.75) is 39.3 Å². The molecule has 0 aliphatic carbocycles. The van der Waals surface area contributed by atoms with Crippen molar-refractivity contribution in [2.75, 3.05) is 19.7 Å². The van der Waals surface area contributed by atoms with E-state index in [9.17, 15) is 4.79 Å². The molecule has 4 rings (SSSR count). The Morgan fingerprint density at radius 3 is 2.67 bits per heavy atom. The van der Waals surface area contributed by atoms with E-state index in [-0.39, 0.29) is 17.9 Å². The van der Waals surface area contributed by atoms with E-state index in [1.165, 1.54) is 0 Å². The van der Waals surface area contributed by atoms with Crippen LogP contribution in [0.1, 0.15) is 31.2 Å². The van der Waals surface area contributed by atoms with Gasteiger partial charge in [0.25, 0.3) is 0 Å². The van der Waals surface area contributed by atoms with E-state index in [0.717, 1.165) is 47.3 Å². The monoisotopic (exact) mass is 512 g/mol. The minimum atomic E-state index is -0.0504.